The predicted octanol–water partition coefficient (Wildman–Crippen LogP) is 1.67. The van der Waals surface area contributed by atoms with E-state index < -0.39 is 0 Å². The Balaban J connectivity index is 0.000000371. The van der Waals surface area contributed by atoms with Crippen LogP contribution in [-0.2, 0) is 4.79 Å². The van der Waals surface area contributed by atoms with Gasteiger partial charge < -0.3 is 5.32 Å². The molecule has 1 amide bonds. The van der Waals surface area contributed by atoms with E-state index in [0.717, 1.165) is 0 Å². The van der Waals surface area contributed by atoms with Crippen LogP contribution in [0, 0.1) is 0 Å². The topological polar surface area (TPSA) is 29.1 Å². The SMILES string of the molecule is C=C1SC(=S)NC1=O.CC. The van der Waals surface area contributed by atoms with Gasteiger partial charge in [-0.15, -0.1) is 0 Å². The zero-order valence-electron chi connectivity index (χ0n) is 5.93. The van der Waals surface area contributed by atoms with Crippen molar-refractivity contribution in [2.24, 2.45) is 0 Å². The molecule has 4 heteroatoms. The number of thioether (sulfide) groups is 1. The van der Waals surface area contributed by atoms with Gasteiger partial charge in [0.1, 0.15) is 4.32 Å². The van der Waals surface area contributed by atoms with E-state index in [1.807, 2.05) is 13.8 Å². The Labute approximate surface area is 70.1 Å². The molecule has 0 unspecified atom stereocenters. The molecular formula is C6H9NOS2. The zero-order chi connectivity index (χ0) is 8.15. The van der Waals surface area contributed by atoms with Crippen molar-refractivity contribution >= 4 is 34.2 Å². The summed E-state index contributed by atoms with van der Waals surface area (Å²) in [6, 6.07) is 0. The summed E-state index contributed by atoms with van der Waals surface area (Å²) in [5.74, 6) is -0.167. The van der Waals surface area contributed by atoms with E-state index in [1.165, 1.54) is 11.8 Å². The third-order valence-corrected chi connectivity index (χ3v) is 1.76. The van der Waals surface area contributed by atoms with Crippen molar-refractivity contribution in [3.05, 3.63) is 11.5 Å². The van der Waals surface area contributed by atoms with Gasteiger partial charge in [0.25, 0.3) is 5.91 Å². The first-order valence-electron chi connectivity index (χ1n) is 2.92. The summed E-state index contributed by atoms with van der Waals surface area (Å²) in [7, 11) is 0. The van der Waals surface area contributed by atoms with Crippen LogP contribution < -0.4 is 5.32 Å². The lowest BCUT2D eigenvalue weighted by atomic mass is 10.6. The molecular weight excluding hydrogens is 166 g/mol. The zero-order valence-corrected chi connectivity index (χ0v) is 7.56. The summed E-state index contributed by atoms with van der Waals surface area (Å²) in [4.78, 5) is 10.9. The molecule has 1 N–H and O–H groups in total. The van der Waals surface area contributed by atoms with Crippen LogP contribution in [0.25, 0.3) is 0 Å². The molecule has 0 bridgehead atoms. The third-order valence-electron chi connectivity index (χ3n) is 0.685. The average Bonchev–Trinajstić information content (AvgIpc) is 2.16. The van der Waals surface area contributed by atoms with Crippen molar-refractivity contribution in [2.75, 3.05) is 0 Å². The number of amides is 1. The van der Waals surface area contributed by atoms with E-state index >= 15 is 0 Å². The Bertz CT molecular complexity index is 159. The molecule has 0 saturated carbocycles. The lowest BCUT2D eigenvalue weighted by molar-refractivity contribution is -0.115. The normalized spacial score (nSPS) is 16.0. The maximum Gasteiger partial charge on any atom is 0.262 e. The van der Waals surface area contributed by atoms with Gasteiger partial charge in [-0.1, -0.05) is 44.4 Å². The molecule has 1 saturated heterocycles. The Morgan fingerprint density at radius 3 is 2.20 bits per heavy atom. The fourth-order valence-corrected chi connectivity index (χ4v) is 1.25. The van der Waals surface area contributed by atoms with Gasteiger partial charge in [-0.05, 0) is 0 Å². The second kappa shape index (κ2) is 4.46. The van der Waals surface area contributed by atoms with E-state index in [9.17, 15) is 4.79 Å². The summed E-state index contributed by atoms with van der Waals surface area (Å²) < 4.78 is 0.500. The molecule has 0 aromatic rings. The maximum absolute atomic E-state index is 10.5. The summed E-state index contributed by atoms with van der Waals surface area (Å²) >= 11 is 5.85. The summed E-state index contributed by atoms with van der Waals surface area (Å²) in [5, 5.41) is 2.42. The number of hydrogen-bond acceptors (Lipinski definition) is 3. The number of thiocarbonyl (C=S) groups is 1. The van der Waals surface area contributed by atoms with Gasteiger partial charge in [-0.2, -0.15) is 0 Å². The second-order valence-corrected chi connectivity index (χ2v) is 3.04. The van der Waals surface area contributed by atoms with E-state index in [0.29, 0.717) is 9.23 Å². The molecule has 1 heterocycles. The molecule has 1 aliphatic heterocycles. The highest BCUT2D eigenvalue weighted by Crippen LogP contribution is 2.20. The summed E-state index contributed by atoms with van der Waals surface area (Å²) in [5.41, 5.74) is 0. The predicted molar refractivity (Wildman–Crippen MR) is 48.8 cm³/mol. The molecule has 1 aliphatic rings. The summed E-state index contributed by atoms with van der Waals surface area (Å²) in [6.07, 6.45) is 0. The van der Waals surface area contributed by atoms with Crippen LogP contribution in [0.15, 0.2) is 11.5 Å². The molecule has 0 spiro atoms. The van der Waals surface area contributed by atoms with Gasteiger partial charge in [0.15, 0.2) is 0 Å². The van der Waals surface area contributed by atoms with Gasteiger partial charge in [0, 0.05) is 0 Å². The van der Waals surface area contributed by atoms with Gasteiger partial charge in [-0.25, -0.2) is 0 Å². The third kappa shape index (κ3) is 2.49. The molecule has 1 fully saturated rings. The lowest BCUT2D eigenvalue weighted by Crippen LogP contribution is -2.17. The van der Waals surface area contributed by atoms with Crippen LogP contribution in [0.1, 0.15) is 13.8 Å². The number of carbonyl (C=O) groups is 1. The Kier molecular flexibility index (Phi) is 4.31. The van der Waals surface area contributed by atoms with Crippen molar-refractivity contribution in [3.8, 4) is 0 Å². The quantitative estimate of drug-likeness (QED) is 0.448. The fourth-order valence-electron chi connectivity index (χ4n) is 0.346. The highest BCUT2D eigenvalue weighted by Gasteiger charge is 2.18. The average molecular weight is 175 g/mol. The molecule has 0 radical (unpaired) electrons. The number of carbonyl (C=O) groups excluding carboxylic acids is 1. The van der Waals surface area contributed by atoms with E-state index in [2.05, 4.69) is 24.1 Å². The largest absolute Gasteiger partial charge is 0.307 e. The number of nitrogens with one attached hydrogen (secondary N) is 1. The van der Waals surface area contributed by atoms with E-state index in [1.54, 1.807) is 0 Å². The first-order chi connectivity index (χ1) is 4.70. The van der Waals surface area contributed by atoms with Crippen molar-refractivity contribution in [2.45, 2.75) is 13.8 Å². The van der Waals surface area contributed by atoms with Crippen LogP contribution in [0.2, 0.25) is 0 Å². The minimum atomic E-state index is -0.167. The van der Waals surface area contributed by atoms with Crippen molar-refractivity contribution < 1.29 is 4.79 Å². The van der Waals surface area contributed by atoms with Crippen molar-refractivity contribution in [1.29, 1.82) is 0 Å². The lowest BCUT2D eigenvalue weighted by Gasteiger charge is -1.81. The molecule has 0 aromatic heterocycles. The molecule has 1 rings (SSSR count). The molecule has 0 aromatic carbocycles. The monoisotopic (exact) mass is 175 g/mol. The first kappa shape index (κ1) is 9.65. The molecule has 56 valence electrons. The van der Waals surface area contributed by atoms with E-state index in [-0.39, 0.29) is 5.91 Å². The molecule has 0 aliphatic carbocycles. The molecule has 10 heavy (non-hydrogen) atoms. The van der Waals surface area contributed by atoms with Gasteiger partial charge >= 0.3 is 0 Å². The van der Waals surface area contributed by atoms with Crippen LogP contribution in [-0.4, -0.2) is 10.2 Å². The fraction of sp³-hybridized carbons (Fsp3) is 0.333. The van der Waals surface area contributed by atoms with Crippen LogP contribution in [0.5, 0.6) is 0 Å². The molecule has 2 nitrogen and oxygen atoms in total. The van der Waals surface area contributed by atoms with Gasteiger partial charge in [0.2, 0.25) is 0 Å². The second-order valence-electron chi connectivity index (χ2n) is 1.27. The van der Waals surface area contributed by atoms with Crippen molar-refractivity contribution in [3.63, 3.8) is 0 Å². The van der Waals surface area contributed by atoms with Gasteiger partial charge in [0.05, 0.1) is 4.91 Å². The van der Waals surface area contributed by atoms with Gasteiger partial charge in [-0.3, -0.25) is 4.79 Å². The Hall–Kier alpha value is -0.350. The standard InChI is InChI=1S/C4H3NOS2.C2H6/c1-2-3(6)5-4(7)8-2;1-2/h1H2,(H,5,6,7);1-2H3. The Morgan fingerprint density at radius 2 is 2.10 bits per heavy atom. The number of rotatable bonds is 0. The minimum absolute atomic E-state index is 0.167. The summed E-state index contributed by atoms with van der Waals surface area (Å²) in [6.45, 7) is 7.45. The number of hydrogen-bond donors (Lipinski definition) is 1. The highest BCUT2D eigenvalue weighted by molar-refractivity contribution is 8.26. The van der Waals surface area contributed by atoms with E-state index in [4.69, 9.17) is 0 Å². The van der Waals surface area contributed by atoms with Crippen LogP contribution >= 0.6 is 24.0 Å². The maximum atomic E-state index is 10.5. The Morgan fingerprint density at radius 1 is 1.60 bits per heavy atom. The van der Waals surface area contributed by atoms with Crippen molar-refractivity contribution in [1.82, 2.24) is 5.32 Å². The highest BCUT2D eigenvalue weighted by atomic mass is 32.2. The minimum Gasteiger partial charge on any atom is -0.307 e. The van der Waals surface area contributed by atoms with Crippen LogP contribution in [0.3, 0.4) is 0 Å². The first-order valence-corrected chi connectivity index (χ1v) is 4.14. The van der Waals surface area contributed by atoms with Crippen LogP contribution in [0.4, 0.5) is 0 Å². The smallest absolute Gasteiger partial charge is 0.262 e. The molecule has 0 atom stereocenters.